The van der Waals surface area contributed by atoms with Crippen LogP contribution in [0.25, 0.3) is 0 Å². The molecule has 0 unspecified atom stereocenters. The van der Waals surface area contributed by atoms with Gasteiger partial charge in [-0.15, -0.1) is 0 Å². The summed E-state index contributed by atoms with van der Waals surface area (Å²) in [6, 6.07) is 7.98. The van der Waals surface area contributed by atoms with Gasteiger partial charge in [-0.25, -0.2) is 4.79 Å². The van der Waals surface area contributed by atoms with E-state index in [2.05, 4.69) is 20.8 Å². The Morgan fingerprint density at radius 2 is 2.11 bits per heavy atom. The summed E-state index contributed by atoms with van der Waals surface area (Å²) in [7, 11) is 4.04. The number of amides is 2. The van der Waals surface area contributed by atoms with Gasteiger partial charge in [-0.1, -0.05) is 22.0 Å². The van der Waals surface area contributed by atoms with Crippen molar-refractivity contribution in [2.45, 2.75) is 0 Å². The summed E-state index contributed by atoms with van der Waals surface area (Å²) in [6.07, 6.45) is 0. The molecule has 5 heteroatoms. The van der Waals surface area contributed by atoms with Crippen molar-refractivity contribution in [3.05, 3.63) is 28.7 Å². The Morgan fingerprint density at radius 3 is 2.78 bits per heavy atom. The molecule has 98 valence electrons. The van der Waals surface area contributed by atoms with Crippen LogP contribution in [-0.4, -0.2) is 56.1 Å². The van der Waals surface area contributed by atoms with Crippen LogP contribution in [0.1, 0.15) is 0 Å². The number of hydrogen-bond acceptors (Lipinski definition) is 2. The molecule has 0 aliphatic carbocycles. The van der Waals surface area contributed by atoms with E-state index in [1.165, 1.54) is 0 Å². The highest BCUT2D eigenvalue weighted by molar-refractivity contribution is 9.10. The molecular formula is C13H18BrN3O. The van der Waals surface area contributed by atoms with Gasteiger partial charge >= 0.3 is 6.03 Å². The Labute approximate surface area is 116 Å². The molecule has 0 bridgehead atoms. The number of carbonyl (C=O) groups excluding carboxylic acids is 1. The first kappa shape index (κ1) is 13.4. The number of urea groups is 1. The number of benzene rings is 1. The highest BCUT2D eigenvalue weighted by atomic mass is 79.9. The van der Waals surface area contributed by atoms with Crippen LogP contribution in [0.5, 0.6) is 0 Å². The zero-order valence-corrected chi connectivity index (χ0v) is 12.4. The molecule has 0 atom stereocenters. The lowest BCUT2D eigenvalue weighted by atomic mass is 10.3. The summed E-state index contributed by atoms with van der Waals surface area (Å²) in [6.45, 7) is 3.26. The molecule has 1 saturated heterocycles. The van der Waals surface area contributed by atoms with Crippen LogP contribution in [0.3, 0.4) is 0 Å². The predicted molar refractivity (Wildman–Crippen MR) is 77.0 cm³/mol. The normalized spacial score (nSPS) is 15.9. The molecule has 1 aliphatic heterocycles. The van der Waals surface area contributed by atoms with E-state index in [1.54, 1.807) is 0 Å². The maximum absolute atomic E-state index is 12.2. The number of rotatable bonds is 4. The van der Waals surface area contributed by atoms with Gasteiger partial charge in [0.1, 0.15) is 0 Å². The third-order valence-electron chi connectivity index (χ3n) is 3.03. The van der Waals surface area contributed by atoms with Gasteiger partial charge in [0.2, 0.25) is 0 Å². The van der Waals surface area contributed by atoms with Crippen molar-refractivity contribution in [2.75, 3.05) is 45.2 Å². The van der Waals surface area contributed by atoms with Crippen molar-refractivity contribution < 1.29 is 4.79 Å². The molecule has 0 spiro atoms. The van der Waals surface area contributed by atoms with E-state index in [0.717, 1.165) is 36.3 Å². The first-order chi connectivity index (χ1) is 8.58. The van der Waals surface area contributed by atoms with Crippen molar-refractivity contribution in [1.29, 1.82) is 0 Å². The average molecular weight is 312 g/mol. The molecule has 2 rings (SSSR count). The predicted octanol–water partition coefficient (Wildman–Crippen LogP) is 2.25. The minimum absolute atomic E-state index is 0.106. The Balaban J connectivity index is 2.03. The molecule has 1 aromatic rings. The van der Waals surface area contributed by atoms with Crippen molar-refractivity contribution >= 4 is 27.6 Å². The van der Waals surface area contributed by atoms with Crippen LogP contribution >= 0.6 is 15.9 Å². The molecule has 18 heavy (non-hydrogen) atoms. The Bertz CT molecular complexity index is 436. The molecule has 2 amide bonds. The minimum atomic E-state index is 0.106. The van der Waals surface area contributed by atoms with Gasteiger partial charge in [-0.2, -0.15) is 0 Å². The highest BCUT2D eigenvalue weighted by Gasteiger charge is 2.29. The second-order valence-corrected chi connectivity index (χ2v) is 5.62. The molecular weight excluding hydrogens is 294 g/mol. The Hall–Kier alpha value is -1.07. The maximum atomic E-state index is 12.2. The Kier molecular flexibility index (Phi) is 4.24. The quantitative estimate of drug-likeness (QED) is 0.852. The molecule has 0 saturated carbocycles. The van der Waals surface area contributed by atoms with Crippen LogP contribution in [0.15, 0.2) is 28.7 Å². The standard InChI is InChI=1S/C13H18BrN3O/c1-15(2)6-7-16-8-9-17(13(16)18)12-5-3-4-11(14)10-12/h3-5,10H,6-9H2,1-2H3. The largest absolute Gasteiger partial charge is 0.324 e. The lowest BCUT2D eigenvalue weighted by Gasteiger charge is -2.20. The number of hydrogen-bond donors (Lipinski definition) is 0. The third-order valence-corrected chi connectivity index (χ3v) is 3.53. The lowest BCUT2D eigenvalue weighted by Crippen LogP contribution is -2.36. The van der Waals surface area contributed by atoms with E-state index in [1.807, 2.05) is 48.2 Å². The fourth-order valence-electron chi connectivity index (χ4n) is 1.99. The smallest absolute Gasteiger partial charge is 0.321 e. The second-order valence-electron chi connectivity index (χ2n) is 4.70. The molecule has 1 fully saturated rings. The first-order valence-corrected chi connectivity index (χ1v) is 6.84. The van der Waals surface area contributed by atoms with Crippen LogP contribution in [0.2, 0.25) is 0 Å². The lowest BCUT2D eigenvalue weighted by molar-refractivity contribution is 0.215. The summed E-state index contributed by atoms with van der Waals surface area (Å²) < 4.78 is 1.000. The van der Waals surface area contributed by atoms with Gasteiger partial charge < -0.3 is 9.80 Å². The van der Waals surface area contributed by atoms with E-state index < -0.39 is 0 Å². The molecule has 1 aromatic carbocycles. The van der Waals surface area contributed by atoms with Gasteiger partial charge in [0, 0.05) is 36.3 Å². The van der Waals surface area contributed by atoms with Gasteiger partial charge in [0.05, 0.1) is 0 Å². The monoisotopic (exact) mass is 311 g/mol. The van der Waals surface area contributed by atoms with Crippen molar-refractivity contribution in [2.24, 2.45) is 0 Å². The number of likely N-dealkylation sites (N-methyl/N-ethyl adjacent to an activating group) is 1. The zero-order valence-electron chi connectivity index (χ0n) is 10.8. The summed E-state index contributed by atoms with van der Waals surface area (Å²) in [4.78, 5) is 18.1. The van der Waals surface area contributed by atoms with E-state index in [9.17, 15) is 4.79 Å². The summed E-state index contributed by atoms with van der Waals surface area (Å²) in [5, 5.41) is 0. The zero-order chi connectivity index (χ0) is 13.1. The summed E-state index contributed by atoms with van der Waals surface area (Å²) >= 11 is 3.44. The van der Waals surface area contributed by atoms with Gasteiger partial charge in [0.25, 0.3) is 0 Å². The van der Waals surface area contributed by atoms with Gasteiger partial charge in [-0.05, 0) is 32.3 Å². The van der Waals surface area contributed by atoms with Gasteiger partial charge in [-0.3, -0.25) is 4.90 Å². The fraction of sp³-hybridized carbons (Fsp3) is 0.462. The van der Waals surface area contributed by atoms with Crippen molar-refractivity contribution in [3.63, 3.8) is 0 Å². The van der Waals surface area contributed by atoms with Crippen LogP contribution < -0.4 is 4.90 Å². The van der Waals surface area contributed by atoms with E-state index >= 15 is 0 Å². The summed E-state index contributed by atoms with van der Waals surface area (Å²) in [5.41, 5.74) is 0.960. The molecule has 0 N–H and O–H groups in total. The number of nitrogens with zero attached hydrogens (tertiary/aromatic N) is 3. The second kappa shape index (κ2) is 5.71. The molecule has 1 heterocycles. The van der Waals surface area contributed by atoms with E-state index in [4.69, 9.17) is 0 Å². The number of halogens is 1. The first-order valence-electron chi connectivity index (χ1n) is 6.04. The number of anilines is 1. The van der Waals surface area contributed by atoms with E-state index in [-0.39, 0.29) is 6.03 Å². The molecule has 0 radical (unpaired) electrons. The van der Waals surface area contributed by atoms with Crippen molar-refractivity contribution in [1.82, 2.24) is 9.80 Å². The molecule has 0 aromatic heterocycles. The topological polar surface area (TPSA) is 26.8 Å². The fourth-order valence-corrected chi connectivity index (χ4v) is 2.38. The Morgan fingerprint density at radius 1 is 1.33 bits per heavy atom. The van der Waals surface area contributed by atoms with E-state index in [0.29, 0.717) is 0 Å². The minimum Gasteiger partial charge on any atom is -0.321 e. The van der Waals surface area contributed by atoms with Crippen molar-refractivity contribution in [3.8, 4) is 0 Å². The molecule has 1 aliphatic rings. The van der Waals surface area contributed by atoms with Gasteiger partial charge in [0.15, 0.2) is 0 Å². The average Bonchev–Trinajstić information content (AvgIpc) is 2.68. The van der Waals surface area contributed by atoms with Crippen LogP contribution in [0, 0.1) is 0 Å². The summed E-state index contributed by atoms with van der Waals surface area (Å²) in [5.74, 6) is 0. The number of carbonyl (C=O) groups is 1. The maximum Gasteiger partial charge on any atom is 0.324 e. The molecule has 4 nitrogen and oxygen atoms in total. The van der Waals surface area contributed by atoms with Crippen LogP contribution in [-0.2, 0) is 0 Å². The SMILES string of the molecule is CN(C)CCN1CCN(c2cccc(Br)c2)C1=O. The highest BCUT2D eigenvalue weighted by Crippen LogP contribution is 2.23. The third kappa shape index (κ3) is 3.03. The van der Waals surface area contributed by atoms with Crippen LogP contribution in [0.4, 0.5) is 10.5 Å².